The molecule has 0 aliphatic carbocycles. The Labute approximate surface area is 187 Å². The zero-order chi connectivity index (χ0) is 21.8. The minimum Gasteiger partial charge on any atom is -0.372 e. The van der Waals surface area contributed by atoms with Crippen molar-refractivity contribution in [3.8, 4) is 0 Å². The molecular formula is C24H29N5OS. The van der Waals surface area contributed by atoms with Gasteiger partial charge in [0.15, 0.2) is 11.3 Å². The van der Waals surface area contributed by atoms with Crippen LogP contribution in [-0.4, -0.2) is 34.9 Å². The van der Waals surface area contributed by atoms with Gasteiger partial charge in [-0.1, -0.05) is 55.4 Å². The van der Waals surface area contributed by atoms with Crippen molar-refractivity contribution >= 4 is 34.2 Å². The van der Waals surface area contributed by atoms with Gasteiger partial charge in [0.2, 0.25) is 0 Å². The first kappa shape index (κ1) is 21.4. The first-order valence-electron chi connectivity index (χ1n) is 11.0. The van der Waals surface area contributed by atoms with Gasteiger partial charge in [-0.15, -0.1) is 5.10 Å². The molecule has 2 aromatic carbocycles. The van der Waals surface area contributed by atoms with Crippen LogP contribution < -0.4 is 20.8 Å². The van der Waals surface area contributed by atoms with Crippen LogP contribution in [0, 0.1) is 0 Å². The highest BCUT2D eigenvalue weighted by Crippen LogP contribution is 2.31. The third kappa shape index (κ3) is 4.32. The van der Waals surface area contributed by atoms with Crippen molar-refractivity contribution in [3.63, 3.8) is 0 Å². The summed E-state index contributed by atoms with van der Waals surface area (Å²) in [5.74, 6) is 0.802. The van der Waals surface area contributed by atoms with Gasteiger partial charge >= 0.3 is 0 Å². The first-order chi connectivity index (χ1) is 15.2. The molecule has 1 atom stereocenters. The summed E-state index contributed by atoms with van der Waals surface area (Å²) in [5.41, 5.74) is 2.76. The van der Waals surface area contributed by atoms with E-state index in [0.717, 1.165) is 47.8 Å². The number of unbranched alkanes of at least 4 members (excludes halogenated alkanes) is 1. The lowest BCUT2D eigenvalue weighted by atomic mass is 10.1. The van der Waals surface area contributed by atoms with Crippen LogP contribution in [-0.2, 0) is 4.79 Å². The Hall–Kier alpha value is -2.80. The Morgan fingerprint density at radius 2 is 1.81 bits per heavy atom. The first-order valence-corrected chi connectivity index (χ1v) is 12.0. The zero-order valence-electron chi connectivity index (χ0n) is 18.3. The fraction of sp³-hybridized carbons (Fsp3) is 0.375. The average molecular weight is 436 g/mol. The van der Waals surface area contributed by atoms with Gasteiger partial charge in [-0.05, 0) is 44.0 Å². The van der Waals surface area contributed by atoms with Crippen LogP contribution in [0.3, 0.4) is 0 Å². The normalized spacial score (nSPS) is 17.3. The second kappa shape index (κ2) is 9.56. The molecule has 7 heteroatoms. The molecule has 2 heterocycles. The van der Waals surface area contributed by atoms with E-state index in [0.29, 0.717) is 10.9 Å². The van der Waals surface area contributed by atoms with Crippen molar-refractivity contribution in [2.75, 3.05) is 23.7 Å². The van der Waals surface area contributed by atoms with E-state index < -0.39 is 0 Å². The van der Waals surface area contributed by atoms with Crippen molar-refractivity contribution in [1.82, 2.24) is 10.3 Å². The molecule has 6 nitrogen and oxygen atoms in total. The molecule has 2 aliphatic rings. The molecule has 1 amide bonds. The summed E-state index contributed by atoms with van der Waals surface area (Å²) in [6, 6.07) is 16.2. The van der Waals surface area contributed by atoms with Gasteiger partial charge in [0.05, 0.1) is 5.36 Å². The summed E-state index contributed by atoms with van der Waals surface area (Å²) < 4.78 is 0. The van der Waals surface area contributed by atoms with Crippen LogP contribution in [0.4, 0.5) is 5.69 Å². The van der Waals surface area contributed by atoms with Crippen LogP contribution in [0.2, 0.25) is 0 Å². The largest absolute Gasteiger partial charge is 0.372 e. The number of carbonyl (C=O) groups excluding carboxylic acids is 1. The molecule has 0 aromatic heterocycles. The molecule has 0 bridgehead atoms. The number of fused-ring (bicyclic) bond motifs is 2. The van der Waals surface area contributed by atoms with E-state index in [-0.39, 0.29) is 12.1 Å². The van der Waals surface area contributed by atoms with Gasteiger partial charge in [0.25, 0.3) is 5.91 Å². The van der Waals surface area contributed by atoms with Crippen LogP contribution in [0.1, 0.15) is 45.3 Å². The highest BCUT2D eigenvalue weighted by Gasteiger charge is 2.34. The van der Waals surface area contributed by atoms with E-state index in [1.54, 1.807) is 16.8 Å². The summed E-state index contributed by atoms with van der Waals surface area (Å²) in [4.78, 5) is 20.4. The Balaban J connectivity index is 1.76. The van der Waals surface area contributed by atoms with Crippen LogP contribution in [0.5, 0.6) is 0 Å². The monoisotopic (exact) mass is 435 g/mol. The topological polar surface area (TPSA) is 60.3 Å². The third-order valence-corrected chi connectivity index (χ3v) is 6.52. The Kier molecular flexibility index (Phi) is 6.61. The molecule has 2 aliphatic heterocycles. The fourth-order valence-corrected chi connectivity index (χ4v) is 4.81. The molecule has 0 fully saturated rings. The lowest BCUT2D eigenvalue weighted by Crippen LogP contribution is -2.50. The summed E-state index contributed by atoms with van der Waals surface area (Å²) in [7, 11) is 0. The van der Waals surface area contributed by atoms with Crippen LogP contribution in [0.25, 0.3) is 5.70 Å². The maximum atomic E-state index is 13.1. The molecule has 0 saturated heterocycles. The highest BCUT2D eigenvalue weighted by molar-refractivity contribution is 8.13. The highest BCUT2D eigenvalue weighted by atomic mass is 32.2. The van der Waals surface area contributed by atoms with Crippen LogP contribution in [0.15, 0.2) is 58.6 Å². The second-order valence-electron chi connectivity index (χ2n) is 7.54. The van der Waals surface area contributed by atoms with E-state index in [1.165, 1.54) is 5.69 Å². The fourth-order valence-electron chi connectivity index (χ4n) is 3.87. The lowest BCUT2D eigenvalue weighted by molar-refractivity contribution is -0.116. The number of hydrogen-bond donors (Lipinski definition) is 1. The molecule has 1 N–H and O–H groups in total. The molecule has 0 unspecified atom stereocenters. The second-order valence-corrected chi connectivity index (χ2v) is 8.62. The molecule has 4 rings (SSSR count). The van der Waals surface area contributed by atoms with Gasteiger partial charge in [0, 0.05) is 29.7 Å². The lowest BCUT2D eigenvalue weighted by Gasteiger charge is -2.34. The SMILES string of the molecule is CCCCSC1=NN2C(=c3ccccc3=N[C@H]2c2ccc(N(CC)CC)cc2)C(=O)N1. The van der Waals surface area contributed by atoms with Gasteiger partial charge in [-0.2, -0.15) is 0 Å². The van der Waals surface area contributed by atoms with E-state index in [4.69, 9.17) is 10.1 Å². The summed E-state index contributed by atoms with van der Waals surface area (Å²) in [6.07, 6.45) is 1.82. The number of amidine groups is 1. The van der Waals surface area contributed by atoms with Gasteiger partial charge < -0.3 is 4.90 Å². The molecule has 0 spiro atoms. The number of hydrazone groups is 1. The van der Waals surface area contributed by atoms with E-state index in [1.807, 2.05) is 24.3 Å². The summed E-state index contributed by atoms with van der Waals surface area (Å²) >= 11 is 1.59. The number of nitrogens with one attached hydrogen (secondary N) is 1. The maximum absolute atomic E-state index is 13.1. The summed E-state index contributed by atoms with van der Waals surface area (Å²) in [6.45, 7) is 8.40. The predicted octanol–water partition coefficient (Wildman–Crippen LogP) is 3.21. The van der Waals surface area contributed by atoms with Crippen molar-refractivity contribution in [2.45, 2.75) is 39.8 Å². The number of benzene rings is 2. The number of amides is 1. The van der Waals surface area contributed by atoms with Crippen molar-refractivity contribution in [2.24, 2.45) is 10.1 Å². The Morgan fingerprint density at radius 1 is 1.06 bits per heavy atom. The maximum Gasteiger partial charge on any atom is 0.276 e. The molecule has 2 aromatic rings. The average Bonchev–Trinajstić information content (AvgIpc) is 2.80. The standard InChI is InChI=1S/C24H29N5OS/c1-4-7-16-31-24-26-23(30)21-19-10-8-9-11-20(19)25-22(29(21)27-24)17-12-14-18(15-13-17)28(5-2)6-3/h8-15,22H,4-7,16H2,1-3H3,(H,26,27,30)/t22-/m1/s1. The number of anilines is 1. The van der Waals surface area contributed by atoms with Gasteiger partial charge in [-0.25, -0.2) is 5.01 Å². The number of thioether (sulfide) groups is 1. The molecular weight excluding hydrogens is 406 g/mol. The van der Waals surface area contributed by atoms with Crippen LogP contribution >= 0.6 is 11.8 Å². The number of carbonyl (C=O) groups is 1. The third-order valence-electron chi connectivity index (χ3n) is 5.57. The minimum absolute atomic E-state index is 0.124. The number of hydrogen-bond acceptors (Lipinski definition) is 6. The van der Waals surface area contributed by atoms with Crippen molar-refractivity contribution in [1.29, 1.82) is 0 Å². The number of para-hydroxylation sites is 1. The smallest absolute Gasteiger partial charge is 0.276 e. The van der Waals surface area contributed by atoms with Crippen molar-refractivity contribution < 1.29 is 4.79 Å². The minimum atomic E-state index is -0.372. The van der Waals surface area contributed by atoms with E-state index in [9.17, 15) is 4.79 Å². The van der Waals surface area contributed by atoms with Gasteiger partial charge in [-0.3, -0.25) is 15.1 Å². The Bertz CT molecular complexity index is 1090. The Morgan fingerprint density at radius 3 is 2.52 bits per heavy atom. The number of rotatable bonds is 7. The molecule has 0 radical (unpaired) electrons. The number of nitrogens with zero attached hydrogens (tertiary/aromatic N) is 4. The molecule has 0 saturated carbocycles. The summed E-state index contributed by atoms with van der Waals surface area (Å²) in [5, 5.41) is 11.9. The molecule has 31 heavy (non-hydrogen) atoms. The molecule has 162 valence electrons. The predicted molar refractivity (Wildman–Crippen MR) is 128 cm³/mol. The van der Waals surface area contributed by atoms with E-state index >= 15 is 0 Å². The van der Waals surface area contributed by atoms with Gasteiger partial charge in [0.1, 0.15) is 5.70 Å². The van der Waals surface area contributed by atoms with E-state index in [2.05, 4.69) is 55.3 Å². The zero-order valence-corrected chi connectivity index (χ0v) is 19.2. The quantitative estimate of drug-likeness (QED) is 0.679. The van der Waals surface area contributed by atoms with Crippen molar-refractivity contribution in [3.05, 3.63) is 64.7 Å².